The van der Waals surface area contributed by atoms with Crippen molar-refractivity contribution in [2.24, 2.45) is 0 Å². The first kappa shape index (κ1) is 19.1. The minimum atomic E-state index is -1.28. The topological polar surface area (TPSA) is 108 Å². The van der Waals surface area contributed by atoms with E-state index in [9.17, 15) is 19.8 Å². The Kier molecular flexibility index (Phi) is 5.86. The monoisotopic (exact) mass is 360 g/mol. The molecule has 2 rings (SSSR count). The van der Waals surface area contributed by atoms with Gasteiger partial charge in [0, 0.05) is 0 Å². The van der Waals surface area contributed by atoms with E-state index >= 15 is 0 Å². The summed E-state index contributed by atoms with van der Waals surface area (Å²) in [7, 11) is 0. The van der Waals surface area contributed by atoms with Gasteiger partial charge in [0.05, 0.1) is 12.6 Å². The molecule has 0 bridgehead atoms. The molecular weight excluding hydrogens is 333 g/mol. The second-order valence-corrected chi connectivity index (χ2v) is 11.3. The highest BCUT2D eigenvalue weighted by atomic mass is 31.2. The number of aliphatic hydroxyl groups is 2. The van der Waals surface area contributed by atoms with Gasteiger partial charge in [-0.25, -0.2) is 14.2 Å². The van der Waals surface area contributed by atoms with E-state index < -0.39 is 42.8 Å². The molecule has 0 aliphatic carbocycles. The minimum Gasteiger partial charge on any atom is -0.387 e. The molecule has 3 N–H and O–H groups in total. The SMILES string of the molecule is C=P(C)(C)CC[C@H]1O[C@@H](n2c[n+](CCC)c(=O)[nH]c2=O)[C@H](O)[C@@H]1O. The lowest BCUT2D eigenvalue weighted by molar-refractivity contribution is -0.719. The Morgan fingerprint density at radius 2 is 2.04 bits per heavy atom. The van der Waals surface area contributed by atoms with Crippen LogP contribution < -0.4 is 15.9 Å². The Bertz CT molecular complexity index is 737. The molecule has 0 amide bonds. The van der Waals surface area contributed by atoms with Crippen LogP contribution in [0.2, 0.25) is 0 Å². The fourth-order valence-electron chi connectivity index (χ4n) is 2.74. The molecule has 1 saturated heterocycles. The number of rotatable bonds is 6. The molecule has 2 heterocycles. The van der Waals surface area contributed by atoms with E-state index in [0.29, 0.717) is 19.4 Å². The van der Waals surface area contributed by atoms with Crippen molar-refractivity contribution >= 4 is 13.2 Å². The number of hydrogen-bond acceptors (Lipinski definition) is 5. The van der Waals surface area contributed by atoms with Gasteiger partial charge in [-0.1, -0.05) is 6.92 Å². The number of ether oxygens (including phenoxy) is 1. The second-order valence-electron chi connectivity index (χ2n) is 6.95. The third-order valence-corrected chi connectivity index (χ3v) is 5.54. The van der Waals surface area contributed by atoms with Crippen molar-refractivity contribution in [1.29, 1.82) is 0 Å². The first-order valence-electron chi connectivity index (χ1n) is 8.08. The van der Waals surface area contributed by atoms with Gasteiger partial charge < -0.3 is 14.9 Å². The summed E-state index contributed by atoms with van der Waals surface area (Å²) in [6.45, 7) is 5.23. The quantitative estimate of drug-likeness (QED) is 0.443. The largest absolute Gasteiger partial charge is 0.448 e. The van der Waals surface area contributed by atoms with E-state index in [0.717, 1.165) is 10.7 Å². The van der Waals surface area contributed by atoms with Crippen LogP contribution in [0.5, 0.6) is 0 Å². The molecule has 24 heavy (non-hydrogen) atoms. The Morgan fingerprint density at radius 1 is 1.38 bits per heavy atom. The molecule has 0 saturated carbocycles. The number of aryl methyl sites for hydroxylation is 1. The van der Waals surface area contributed by atoms with Crippen molar-refractivity contribution in [3.8, 4) is 0 Å². The van der Waals surface area contributed by atoms with Crippen molar-refractivity contribution in [1.82, 2.24) is 9.55 Å². The molecule has 0 aromatic carbocycles. The molecule has 136 valence electrons. The molecule has 8 nitrogen and oxygen atoms in total. The van der Waals surface area contributed by atoms with Crippen LogP contribution in [0.4, 0.5) is 0 Å². The highest BCUT2D eigenvalue weighted by Crippen LogP contribution is 2.39. The Balaban J connectivity index is 2.26. The molecule has 1 aromatic heterocycles. The number of aliphatic hydroxyl groups excluding tert-OH is 2. The summed E-state index contributed by atoms with van der Waals surface area (Å²) in [6, 6.07) is 0. The summed E-state index contributed by atoms with van der Waals surface area (Å²) in [6.07, 6.45) is 3.64. The van der Waals surface area contributed by atoms with Crippen molar-refractivity contribution in [2.75, 3.05) is 19.5 Å². The zero-order valence-electron chi connectivity index (χ0n) is 14.4. The number of hydrogen-bond donors (Lipinski definition) is 3. The van der Waals surface area contributed by atoms with Gasteiger partial charge in [0.2, 0.25) is 12.6 Å². The highest BCUT2D eigenvalue weighted by molar-refractivity contribution is 7.72. The fourth-order valence-corrected chi connectivity index (χ4v) is 3.69. The normalized spacial score (nSPS) is 27.5. The molecule has 9 heteroatoms. The number of aromatic nitrogens is 3. The van der Waals surface area contributed by atoms with E-state index in [1.165, 1.54) is 10.9 Å². The number of nitrogens with zero attached hydrogens (tertiary/aromatic N) is 2. The maximum atomic E-state index is 12.1. The Labute approximate surface area is 140 Å². The Morgan fingerprint density at radius 3 is 2.62 bits per heavy atom. The molecule has 1 aliphatic heterocycles. The molecule has 4 atom stereocenters. The van der Waals surface area contributed by atoms with Gasteiger partial charge in [0.1, 0.15) is 12.2 Å². The summed E-state index contributed by atoms with van der Waals surface area (Å²) >= 11 is 0. The molecule has 0 spiro atoms. The summed E-state index contributed by atoms with van der Waals surface area (Å²) in [4.78, 5) is 26.0. The van der Waals surface area contributed by atoms with E-state index in [1.54, 1.807) is 0 Å². The predicted octanol–water partition coefficient (Wildman–Crippen LogP) is -1.05. The van der Waals surface area contributed by atoms with Gasteiger partial charge in [-0.15, -0.1) is 13.2 Å². The molecular formula is C15H27N3O5P+. The van der Waals surface area contributed by atoms with E-state index in [4.69, 9.17) is 4.74 Å². The maximum Gasteiger partial charge on any atom is 0.448 e. The van der Waals surface area contributed by atoms with Crippen LogP contribution in [-0.2, 0) is 11.3 Å². The molecule has 0 radical (unpaired) electrons. The van der Waals surface area contributed by atoms with Gasteiger partial charge in [-0.2, -0.15) is 9.55 Å². The summed E-state index contributed by atoms with van der Waals surface area (Å²) in [5.74, 6) is 0. The number of nitrogens with one attached hydrogen (secondary N) is 1. The standard InChI is InChI=1S/C15H26N3O5P/c1-5-7-17-9-18(15(22)16-14(17)21)13-12(20)11(19)10(23-13)6-8-24(2,3)4/h9-13,19-20H,2,5-8H2,1,3-4H3/p+1/t10-,11-,12-,13-/m1/s1. The number of aromatic amines is 1. The molecule has 1 fully saturated rings. The van der Waals surface area contributed by atoms with E-state index in [2.05, 4.69) is 24.6 Å². The van der Waals surface area contributed by atoms with E-state index in [1.807, 2.05) is 6.92 Å². The smallest absolute Gasteiger partial charge is 0.387 e. The Hall–Kier alpha value is -1.21. The van der Waals surface area contributed by atoms with E-state index in [-0.39, 0.29) is 0 Å². The van der Waals surface area contributed by atoms with Gasteiger partial charge in [0.25, 0.3) is 0 Å². The van der Waals surface area contributed by atoms with Crippen LogP contribution in [0.3, 0.4) is 0 Å². The van der Waals surface area contributed by atoms with Crippen LogP contribution in [0.1, 0.15) is 26.0 Å². The van der Waals surface area contributed by atoms with Crippen LogP contribution in [0.15, 0.2) is 15.9 Å². The minimum absolute atomic E-state index is 0.435. The second kappa shape index (κ2) is 7.35. The maximum absolute atomic E-state index is 12.1. The van der Waals surface area contributed by atoms with Gasteiger partial charge >= 0.3 is 11.4 Å². The van der Waals surface area contributed by atoms with Crippen LogP contribution in [-0.4, -0.2) is 63.9 Å². The molecule has 0 unspecified atom stereocenters. The third kappa shape index (κ3) is 4.25. The predicted molar refractivity (Wildman–Crippen MR) is 93.1 cm³/mol. The van der Waals surface area contributed by atoms with Gasteiger partial charge in [-0.05, 0) is 32.3 Å². The first-order chi connectivity index (χ1) is 11.1. The van der Waals surface area contributed by atoms with Crippen molar-refractivity contribution in [3.05, 3.63) is 27.3 Å². The highest BCUT2D eigenvalue weighted by Gasteiger charge is 2.46. The lowest BCUT2D eigenvalue weighted by atomic mass is 10.1. The van der Waals surface area contributed by atoms with Crippen molar-refractivity contribution in [3.63, 3.8) is 0 Å². The zero-order chi connectivity index (χ0) is 18.1. The molecule has 1 aromatic rings. The third-order valence-electron chi connectivity index (χ3n) is 4.07. The summed E-state index contributed by atoms with van der Waals surface area (Å²) < 4.78 is 8.22. The number of H-pyrrole nitrogens is 1. The van der Waals surface area contributed by atoms with Crippen LogP contribution in [0.25, 0.3) is 0 Å². The lowest BCUT2D eigenvalue weighted by Gasteiger charge is -2.18. The van der Waals surface area contributed by atoms with Crippen molar-refractivity contribution < 1.29 is 19.5 Å². The van der Waals surface area contributed by atoms with Crippen molar-refractivity contribution in [2.45, 2.75) is 50.8 Å². The lowest BCUT2D eigenvalue weighted by Crippen LogP contribution is -2.57. The summed E-state index contributed by atoms with van der Waals surface area (Å²) in [5, 5.41) is 20.5. The van der Waals surface area contributed by atoms with Crippen LogP contribution >= 0.6 is 6.89 Å². The summed E-state index contributed by atoms with van der Waals surface area (Å²) in [5.41, 5.74) is -1.18. The zero-order valence-corrected chi connectivity index (χ0v) is 15.3. The molecule has 1 aliphatic rings. The van der Waals surface area contributed by atoms with Crippen LogP contribution in [0, 0.1) is 0 Å². The average molecular weight is 360 g/mol. The van der Waals surface area contributed by atoms with Gasteiger partial charge in [0.15, 0.2) is 0 Å². The van der Waals surface area contributed by atoms with Gasteiger partial charge in [-0.3, -0.25) is 0 Å². The fraction of sp³-hybridized carbons (Fsp3) is 0.733. The average Bonchev–Trinajstić information content (AvgIpc) is 2.75. The first-order valence-corrected chi connectivity index (χ1v) is 11.1.